The van der Waals surface area contributed by atoms with E-state index in [-0.39, 0.29) is 0 Å². The summed E-state index contributed by atoms with van der Waals surface area (Å²) in [6.07, 6.45) is 6.36. The van der Waals surface area contributed by atoms with Crippen LogP contribution in [-0.2, 0) is 0 Å². The van der Waals surface area contributed by atoms with Gasteiger partial charge in [0.25, 0.3) is 0 Å². The van der Waals surface area contributed by atoms with Crippen molar-refractivity contribution in [2.75, 3.05) is 0 Å². The Kier molecular flexibility index (Phi) is 6.49. The fraction of sp³-hybridized carbons (Fsp3) is 0.846. The second kappa shape index (κ2) is 6.79. The number of hydrogen-bond acceptors (Lipinski definition) is 3. The highest BCUT2D eigenvalue weighted by Gasteiger charge is 2.26. The van der Waals surface area contributed by atoms with Crippen LogP contribution in [0.2, 0.25) is 0 Å². The molecule has 0 radical (unpaired) electrons. The predicted molar refractivity (Wildman–Crippen MR) is 68.4 cm³/mol. The number of rotatable bonds is 9. The molecule has 1 N–H and O–H groups in total. The molecule has 0 saturated heterocycles. The molecule has 0 spiro atoms. The number of nitroso groups, excluding NO2 is 1. The van der Waals surface area contributed by atoms with Crippen LogP contribution in [0.15, 0.2) is 17.8 Å². The Morgan fingerprint density at radius 2 is 1.94 bits per heavy atom. The van der Waals surface area contributed by atoms with Crippen LogP contribution < -0.4 is 0 Å². The van der Waals surface area contributed by atoms with E-state index in [1.165, 1.54) is 0 Å². The first-order valence-corrected chi connectivity index (χ1v) is 6.07. The number of hydrogen-bond donors (Lipinski definition) is 1. The first-order valence-electron chi connectivity index (χ1n) is 6.07. The molecule has 0 aromatic heterocycles. The van der Waals surface area contributed by atoms with Crippen LogP contribution in [0.1, 0.15) is 59.3 Å². The summed E-state index contributed by atoms with van der Waals surface area (Å²) in [5, 5.41) is 13.2. The average Bonchev–Trinajstić information content (AvgIpc) is 2.17. The van der Waals surface area contributed by atoms with Crippen molar-refractivity contribution < 1.29 is 5.11 Å². The van der Waals surface area contributed by atoms with Gasteiger partial charge in [0, 0.05) is 0 Å². The van der Waals surface area contributed by atoms with E-state index in [2.05, 4.69) is 18.7 Å². The van der Waals surface area contributed by atoms with Crippen LogP contribution in [0.4, 0.5) is 0 Å². The third-order valence-corrected chi connectivity index (χ3v) is 3.02. The van der Waals surface area contributed by atoms with E-state index in [9.17, 15) is 10.0 Å². The zero-order valence-corrected chi connectivity index (χ0v) is 10.8. The molecule has 0 aliphatic carbocycles. The van der Waals surface area contributed by atoms with Crippen molar-refractivity contribution in [2.45, 2.75) is 70.4 Å². The molecule has 0 aromatic rings. The van der Waals surface area contributed by atoms with E-state index in [1.807, 2.05) is 6.92 Å². The summed E-state index contributed by atoms with van der Waals surface area (Å²) >= 11 is 0. The highest BCUT2D eigenvalue weighted by atomic mass is 16.3. The molecule has 0 saturated carbocycles. The van der Waals surface area contributed by atoms with Gasteiger partial charge in [0.1, 0.15) is 0 Å². The molecule has 3 nitrogen and oxygen atoms in total. The van der Waals surface area contributed by atoms with Crippen molar-refractivity contribution in [3.05, 3.63) is 17.6 Å². The van der Waals surface area contributed by atoms with Gasteiger partial charge in [0.15, 0.2) is 0 Å². The second-order valence-corrected chi connectivity index (χ2v) is 5.18. The summed E-state index contributed by atoms with van der Waals surface area (Å²) in [5.74, 6) is 0. The predicted octanol–water partition coefficient (Wildman–Crippen LogP) is 3.81. The lowest BCUT2D eigenvalue weighted by atomic mass is 9.87. The quantitative estimate of drug-likeness (QED) is 0.481. The molecule has 0 aliphatic heterocycles. The number of aliphatic hydroxyl groups is 1. The second-order valence-electron chi connectivity index (χ2n) is 5.18. The Labute approximate surface area is 98.9 Å². The van der Waals surface area contributed by atoms with Gasteiger partial charge in [0.05, 0.1) is 11.1 Å². The zero-order chi connectivity index (χ0) is 12.7. The maximum absolute atomic E-state index is 10.8. The van der Waals surface area contributed by atoms with Gasteiger partial charge in [-0.25, -0.2) is 0 Å². The first-order chi connectivity index (χ1) is 7.39. The molecule has 0 rings (SSSR count). The molecule has 0 heterocycles. The Balaban J connectivity index is 4.04. The molecule has 2 atom stereocenters. The topological polar surface area (TPSA) is 49.7 Å². The molecule has 0 fully saturated rings. The highest BCUT2D eigenvalue weighted by Crippen LogP contribution is 2.27. The fourth-order valence-corrected chi connectivity index (χ4v) is 2.02. The van der Waals surface area contributed by atoms with Gasteiger partial charge in [-0.15, -0.1) is 6.58 Å². The van der Waals surface area contributed by atoms with Gasteiger partial charge in [0.2, 0.25) is 0 Å². The molecule has 0 amide bonds. The summed E-state index contributed by atoms with van der Waals surface area (Å²) in [4.78, 5) is 10.8. The molecule has 0 aliphatic rings. The van der Waals surface area contributed by atoms with Gasteiger partial charge in [-0.2, -0.15) is 4.91 Å². The van der Waals surface area contributed by atoms with Gasteiger partial charge < -0.3 is 5.11 Å². The van der Waals surface area contributed by atoms with Crippen molar-refractivity contribution in [3.63, 3.8) is 0 Å². The number of nitrogens with zero attached hydrogens (tertiary/aromatic N) is 1. The minimum atomic E-state index is -0.697. The molecular formula is C13H25NO2. The van der Waals surface area contributed by atoms with E-state index in [0.29, 0.717) is 12.8 Å². The summed E-state index contributed by atoms with van der Waals surface area (Å²) in [6, 6.07) is 0. The van der Waals surface area contributed by atoms with Crippen LogP contribution in [0, 0.1) is 4.91 Å². The van der Waals surface area contributed by atoms with E-state index < -0.39 is 11.1 Å². The molecule has 2 unspecified atom stereocenters. The Bertz CT molecular complexity index is 226. The third kappa shape index (κ3) is 6.01. The zero-order valence-electron chi connectivity index (χ0n) is 10.8. The lowest BCUT2D eigenvalue weighted by Crippen LogP contribution is -2.26. The average molecular weight is 227 g/mol. The highest BCUT2D eigenvalue weighted by molar-refractivity contribution is 4.86. The van der Waals surface area contributed by atoms with Crippen molar-refractivity contribution >= 4 is 0 Å². The summed E-state index contributed by atoms with van der Waals surface area (Å²) in [7, 11) is 0. The normalized spacial score (nSPS) is 18.5. The largest absolute Gasteiger partial charge is 0.390 e. The lowest BCUT2D eigenvalue weighted by Gasteiger charge is -2.25. The summed E-state index contributed by atoms with van der Waals surface area (Å²) < 4.78 is 0. The summed E-state index contributed by atoms with van der Waals surface area (Å²) in [5.41, 5.74) is -1.16. The summed E-state index contributed by atoms with van der Waals surface area (Å²) in [6.45, 7) is 9.37. The molecular weight excluding hydrogens is 202 g/mol. The minimum absolute atomic E-state index is 0.459. The lowest BCUT2D eigenvalue weighted by molar-refractivity contribution is 0.0497. The van der Waals surface area contributed by atoms with Gasteiger partial charge >= 0.3 is 0 Å². The maximum Gasteiger partial charge on any atom is 0.0998 e. The van der Waals surface area contributed by atoms with Crippen LogP contribution >= 0.6 is 0 Å². The molecule has 94 valence electrons. The van der Waals surface area contributed by atoms with Crippen LogP contribution in [-0.4, -0.2) is 16.2 Å². The van der Waals surface area contributed by atoms with Crippen molar-refractivity contribution in [2.24, 2.45) is 5.18 Å². The van der Waals surface area contributed by atoms with E-state index >= 15 is 0 Å². The van der Waals surface area contributed by atoms with E-state index in [1.54, 1.807) is 13.0 Å². The van der Waals surface area contributed by atoms with Gasteiger partial charge in [-0.05, 0) is 46.0 Å². The minimum Gasteiger partial charge on any atom is -0.390 e. The van der Waals surface area contributed by atoms with E-state index in [4.69, 9.17) is 0 Å². The molecule has 0 bridgehead atoms. The third-order valence-electron chi connectivity index (χ3n) is 3.02. The van der Waals surface area contributed by atoms with Crippen molar-refractivity contribution in [1.29, 1.82) is 0 Å². The smallest absolute Gasteiger partial charge is 0.0998 e. The molecule has 16 heavy (non-hydrogen) atoms. The first kappa shape index (κ1) is 15.3. The molecule has 0 aromatic carbocycles. The van der Waals surface area contributed by atoms with Crippen molar-refractivity contribution in [3.8, 4) is 0 Å². The monoisotopic (exact) mass is 227 g/mol. The Morgan fingerprint density at radius 1 is 1.31 bits per heavy atom. The maximum atomic E-state index is 10.8. The van der Waals surface area contributed by atoms with E-state index in [0.717, 1.165) is 25.7 Å². The van der Waals surface area contributed by atoms with Crippen molar-refractivity contribution in [1.82, 2.24) is 0 Å². The van der Waals surface area contributed by atoms with Gasteiger partial charge in [-0.3, -0.25) is 0 Å². The van der Waals surface area contributed by atoms with Crippen LogP contribution in [0.3, 0.4) is 0 Å². The van der Waals surface area contributed by atoms with Gasteiger partial charge in [-0.1, -0.05) is 24.6 Å². The standard InChI is InChI=1S/C13H25NO2/c1-5-8-12(3,14-16)10-7-11-13(4,15)9-6-2/h6,15H,2,5,7-11H2,1,3-4H3. The van der Waals surface area contributed by atoms with Crippen LogP contribution in [0.5, 0.6) is 0 Å². The SMILES string of the molecule is C=CCC(C)(O)CCCC(C)(CCC)N=O. The fourth-order valence-electron chi connectivity index (χ4n) is 2.02. The molecule has 3 heteroatoms. The Morgan fingerprint density at radius 3 is 2.38 bits per heavy atom. The van der Waals surface area contributed by atoms with Crippen LogP contribution in [0.25, 0.3) is 0 Å². The Hall–Kier alpha value is -0.700.